The molecule has 9 nitrogen and oxygen atoms in total. The van der Waals surface area contributed by atoms with Crippen molar-refractivity contribution in [1.82, 2.24) is 15.1 Å². The number of carbonyl (C=O) groups is 3. The molecule has 2 aliphatic rings. The van der Waals surface area contributed by atoms with Gasteiger partial charge in [-0.05, 0) is 39.2 Å². The first-order valence-electron chi connectivity index (χ1n) is 10.7. The number of urea groups is 1. The molecule has 1 saturated heterocycles. The van der Waals surface area contributed by atoms with Crippen molar-refractivity contribution in [1.29, 1.82) is 0 Å². The van der Waals surface area contributed by atoms with E-state index >= 15 is 0 Å². The lowest BCUT2D eigenvalue weighted by atomic mass is 10.1. The van der Waals surface area contributed by atoms with Gasteiger partial charge in [-0.2, -0.15) is 0 Å². The van der Waals surface area contributed by atoms with Crippen LogP contribution in [0.3, 0.4) is 0 Å². The summed E-state index contributed by atoms with van der Waals surface area (Å²) in [6, 6.07) is 14.8. The van der Waals surface area contributed by atoms with Gasteiger partial charge in [-0.3, -0.25) is 14.5 Å². The Kier molecular flexibility index (Phi) is 6.96. The molecule has 4 amide bonds. The smallest absolute Gasteiger partial charge is 0.324 e. The van der Waals surface area contributed by atoms with Crippen LogP contribution in [0.25, 0.3) is 0 Å². The minimum Gasteiger partial charge on any atom is -0.380 e. The lowest BCUT2D eigenvalue weighted by Crippen LogP contribution is -2.50. The van der Waals surface area contributed by atoms with Crippen molar-refractivity contribution in [2.75, 3.05) is 31.1 Å². The molecule has 0 aromatic heterocycles. The van der Waals surface area contributed by atoms with E-state index < -0.39 is 24.0 Å². The molecule has 2 atom stereocenters. The van der Waals surface area contributed by atoms with Gasteiger partial charge in [0.2, 0.25) is 0 Å². The van der Waals surface area contributed by atoms with Crippen molar-refractivity contribution in [2.24, 2.45) is 0 Å². The van der Waals surface area contributed by atoms with E-state index in [0.29, 0.717) is 26.2 Å². The van der Waals surface area contributed by atoms with Gasteiger partial charge in [-0.1, -0.05) is 36.4 Å². The van der Waals surface area contributed by atoms with Crippen molar-refractivity contribution in [2.45, 2.75) is 25.3 Å². The molecule has 2 aromatic rings. The van der Waals surface area contributed by atoms with Gasteiger partial charge in [0.1, 0.15) is 0 Å². The molecule has 2 aliphatic heterocycles. The van der Waals surface area contributed by atoms with Crippen molar-refractivity contribution in [3.63, 3.8) is 0 Å². The van der Waals surface area contributed by atoms with Crippen LogP contribution in [0.1, 0.15) is 11.1 Å². The summed E-state index contributed by atoms with van der Waals surface area (Å²) < 4.78 is 0.816. The molecule has 0 radical (unpaired) electrons. The monoisotopic (exact) mass is 516 g/mol. The number of hydrogen-bond acceptors (Lipinski definition) is 5. The van der Waals surface area contributed by atoms with Crippen molar-refractivity contribution in [3.05, 3.63) is 64.1 Å². The number of fused-ring (bicyclic) bond motifs is 1. The number of benzene rings is 2. The maximum absolute atomic E-state index is 12.7. The molecular weight excluding hydrogens is 492 g/mol. The van der Waals surface area contributed by atoms with Crippen LogP contribution in [0, 0.1) is 0 Å². The fourth-order valence-electron chi connectivity index (χ4n) is 4.06. The fourth-order valence-corrected chi connectivity index (χ4v) is 4.56. The summed E-state index contributed by atoms with van der Waals surface area (Å²) in [4.78, 5) is 42.2. The minimum absolute atomic E-state index is 0.0848. The number of aliphatic hydroxyl groups is 2. The molecule has 0 unspecified atom stereocenters. The summed E-state index contributed by atoms with van der Waals surface area (Å²) in [5, 5.41) is 23.0. The summed E-state index contributed by atoms with van der Waals surface area (Å²) in [7, 11) is 0. The zero-order valence-electron chi connectivity index (χ0n) is 17.9. The average molecular weight is 517 g/mol. The second-order valence-electron chi connectivity index (χ2n) is 8.02. The number of anilines is 1. The van der Waals surface area contributed by atoms with Crippen molar-refractivity contribution >= 4 is 39.5 Å². The number of aliphatic hydroxyl groups excluding tert-OH is 2. The van der Waals surface area contributed by atoms with Crippen LogP contribution < -0.4 is 10.2 Å². The zero-order valence-corrected chi connectivity index (χ0v) is 19.4. The molecule has 0 aliphatic carbocycles. The average Bonchev–Trinajstić information content (AvgIpc) is 3.41. The second kappa shape index (κ2) is 9.90. The highest BCUT2D eigenvalue weighted by molar-refractivity contribution is 9.10. The van der Waals surface area contributed by atoms with Gasteiger partial charge in [-0.15, -0.1) is 0 Å². The summed E-state index contributed by atoms with van der Waals surface area (Å²) in [6.45, 7) is 1.99. The number of nitrogens with one attached hydrogen (secondary N) is 1. The van der Waals surface area contributed by atoms with Gasteiger partial charge in [0, 0.05) is 43.7 Å². The third kappa shape index (κ3) is 4.87. The summed E-state index contributed by atoms with van der Waals surface area (Å²) in [5.74, 6) is -1.56. The minimum atomic E-state index is -1.90. The third-order valence-electron chi connectivity index (χ3n) is 5.89. The number of halogens is 1. The summed E-state index contributed by atoms with van der Waals surface area (Å²) in [6.07, 6.45) is -3.76. The molecule has 10 heteroatoms. The van der Waals surface area contributed by atoms with Gasteiger partial charge in [0.15, 0.2) is 12.2 Å². The Morgan fingerprint density at radius 2 is 1.61 bits per heavy atom. The summed E-state index contributed by atoms with van der Waals surface area (Å²) >= 11 is 3.45. The van der Waals surface area contributed by atoms with Crippen LogP contribution in [0.15, 0.2) is 53.0 Å². The topological polar surface area (TPSA) is 113 Å². The lowest BCUT2D eigenvalue weighted by Gasteiger charge is -2.23. The standard InChI is InChI=1S/C23H25BrN4O5/c24-17-7-3-4-8-18(17)28-12-11-26(23(28)33)10-9-25-21(31)19(29)20(30)22(32)27-13-15-5-1-2-6-16(15)14-27/h1-8,19-20,29-30H,9-14H2,(H,25,31)/t19-,20-/m1/s1. The van der Waals surface area contributed by atoms with E-state index in [1.165, 1.54) is 4.90 Å². The van der Waals surface area contributed by atoms with Crippen molar-refractivity contribution in [3.8, 4) is 0 Å². The molecule has 0 bridgehead atoms. The third-order valence-corrected chi connectivity index (χ3v) is 6.56. The molecular formula is C23H25BrN4O5. The SMILES string of the molecule is O=C(NCCN1CCN(c2ccccc2Br)C1=O)[C@H](O)[C@@H](O)C(=O)N1Cc2ccccc2C1. The van der Waals surface area contributed by atoms with Crippen LogP contribution in [-0.2, 0) is 22.7 Å². The van der Waals surface area contributed by atoms with Gasteiger partial charge in [0.05, 0.1) is 5.69 Å². The number of para-hydroxylation sites is 1. The first kappa shape index (κ1) is 23.2. The van der Waals surface area contributed by atoms with E-state index in [-0.39, 0.29) is 19.1 Å². The van der Waals surface area contributed by atoms with Crippen LogP contribution in [-0.4, -0.2) is 76.2 Å². The summed E-state index contributed by atoms with van der Waals surface area (Å²) in [5.41, 5.74) is 2.72. The Bertz CT molecular complexity index is 1040. The largest absolute Gasteiger partial charge is 0.380 e. The van der Waals surface area contributed by atoms with Gasteiger partial charge in [0.25, 0.3) is 11.8 Å². The highest BCUT2D eigenvalue weighted by atomic mass is 79.9. The quantitative estimate of drug-likeness (QED) is 0.509. The van der Waals surface area contributed by atoms with Crippen LogP contribution in [0.4, 0.5) is 10.5 Å². The molecule has 174 valence electrons. The first-order valence-corrected chi connectivity index (χ1v) is 11.5. The molecule has 33 heavy (non-hydrogen) atoms. The number of nitrogens with zero attached hydrogens (tertiary/aromatic N) is 3. The number of amides is 4. The maximum Gasteiger partial charge on any atom is 0.324 e. The molecule has 0 saturated carbocycles. The normalized spacial score (nSPS) is 17.2. The zero-order chi connectivity index (χ0) is 23.5. The molecule has 2 aromatic carbocycles. The molecule has 2 heterocycles. The predicted molar refractivity (Wildman–Crippen MR) is 124 cm³/mol. The second-order valence-corrected chi connectivity index (χ2v) is 8.87. The van der Waals surface area contributed by atoms with E-state index in [1.54, 1.807) is 9.80 Å². The highest BCUT2D eigenvalue weighted by Gasteiger charge is 2.36. The lowest BCUT2D eigenvalue weighted by molar-refractivity contribution is -0.153. The Morgan fingerprint density at radius 1 is 0.970 bits per heavy atom. The van der Waals surface area contributed by atoms with Gasteiger partial charge < -0.3 is 25.3 Å². The number of rotatable bonds is 7. The Hall–Kier alpha value is -2.95. The van der Waals surface area contributed by atoms with Crippen LogP contribution in [0.5, 0.6) is 0 Å². The number of hydrogen-bond donors (Lipinski definition) is 3. The van der Waals surface area contributed by atoms with Crippen LogP contribution >= 0.6 is 15.9 Å². The van der Waals surface area contributed by atoms with Gasteiger partial charge >= 0.3 is 6.03 Å². The molecule has 4 rings (SSSR count). The predicted octanol–water partition coefficient (Wildman–Crippen LogP) is 1.07. The maximum atomic E-state index is 12.7. The van der Waals surface area contributed by atoms with E-state index in [4.69, 9.17) is 0 Å². The van der Waals surface area contributed by atoms with Crippen LogP contribution in [0.2, 0.25) is 0 Å². The van der Waals surface area contributed by atoms with E-state index in [0.717, 1.165) is 21.3 Å². The van der Waals surface area contributed by atoms with Crippen molar-refractivity contribution < 1.29 is 24.6 Å². The Morgan fingerprint density at radius 3 is 2.27 bits per heavy atom. The first-order chi connectivity index (χ1) is 15.9. The number of carbonyl (C=O) groups excluding carboxylic acids is 3. The van der Waals surface area contributed by atoms with E-state index in [1.807, 2.05) is 48.5 Å². The van der Waals surface area contributed by atoms with E-state index in [9.17, 15) is 24.6 Å². The van der Waals surface area contributed by atoms with E-state index in [2.05, 4.69) is 21.2 Å². The molecule has 3 N–H and O–H groups in total. The fraction of sp³-hybridized carbons (Fsp3) is 0.348. The highest BCUT2D eigenvalue weighted by Crippen LogP contribution is 2.28. The Balaban J connectivity index is 1.25. The Labute approximate surface area is 199 Å². The molecule has 1 fully saturated rings. The molecule has 0 spiro atoms. The van der Waals surface area contributed by atoms with Gasteiger partial charge in [-0.25, -0.2) is 4.79 Å².